The van der Waals surface area contributed by atoms with E-state index < -0.39 is 0 Å². The molecular weight excluding hydrogens is 1190 g/mol. The van der Waals surface area contributed by atoms with E-state index in [0.29, 0.717) is 67.0 Å². The van der Waals surface area contributed by atoms with Gasteiger partial charge in [-0.3, -0.25) is 19.4 Å². The van der Waals surface area contributed by atoms with E-state index in [1.54, 1.807) is 43.5 Å². The number of alkyl halides is 1. The molecule has 6 aromatic rings. The number of benzene rings is 3. The Balaban J connectivity index is 0.000000493. The van der Waals surface area contributed by atoms with Gasteiger partial charge in [0.05, 0.1) is 40.1 Å². The summed E-state index contributed by atoms with van der Waals surface area (Å²) >= 11 is 13.1. The third kappa shape index (κ3) is 18.7. The first kappa shape index (κ1) is 61.9. The van der Waals surface area contributed by atoms with Crippen LogP contribution in [0.25, 0.3) is 0 Å². The number of halogens is 4. The van der Waals surface area contributed by atoms with Gasteiger partial charge in [0, 0.05) is 11.1 Å². The Morgan fingerprint density at radius 1 is 0.704 bits per heavy atom. The number of oxime groups is 2. The summed E-state index contributed by atoms with van der Waals surface area (Å²) in [4.78, 5) is 51.1. The number of aliphatic imine (C=N–C) groups is 1. The molecule has 0 saturated carbocycles. The number of carbonyl (C=O) groups excluding carboxylic acids is 2. The van der Waals surface area contributed by atoms with Gasteiger partial charge in [0.25, 0.3) is 0 Å². The molecule has 1 aliphatic rings. The summed E-state index contributed by atoms with van der Waals surface area (Å²) in [6.45, 7) is 6.17. The number of nitrogens with one attached hydrogen (secondary N) is 1. The van der Waals surface area contributed by atoms with Crippen LogP contribution in [-0.4, -0.2) is 89.1 Å². The van der Waals surface area contributed by atoms with Gasteiger partial charge in [-0.1, -0.05) is 106 Å². The molecular formula is C49H54Br4N9NaO8. The van der Waals surface area contributed by atoms with E-state index >= 15 is 0 Å². The number of amidine groups is 3. The van der Waals surface area contributed by atoms with Crippen molar-refractivity contribution < 1.29 is 69.7 Å². The number of hydrogen-bond acceptors (Lipinski definition) is 15. The molecule has 1 unspecified atom stereocenters. The molecule has 6 N–H and O–H groups in total. The van der Waals surface area contributed by atoms with Crippen molar-refractivity contribution in [3.63, 3.8) is 0 Å². The predicted octanol–water partition coefficient (Wildman–Crippen LogP) is 7.14. The van der Waals surface area contributed by atoms with E-state index in [9.17, 15) is 9.59 Å². The number of ketones is 2. The number of hydroxylamine groups is 1. The maximum absolute atomic E-state index is 12.1. The Morgan fingerprint density at radius 2 is 1.17 bits per heavy atom. The molecule has 0 bridgehead atoms. The van der Waals surface area contributed by atoms with Gasteiger partial charge in [-0.05, 0) is 127 Å². The third-order valence-corrected chi connectivity index (χ3v) is 11.8. The standard InChI is InChI=1S/C16H16BrN3O3.C16H16BrN3O2.C9H9BrO.C7H8BrN3O2.CH4.Na.H/c1-10-5-3-4-6-11(10)14(21)9-23-20-15(18)13-8-7-12(17)16(19-13)22-2;1-10-5-3-4-6-11(10)14-9-22-20-15(18-14)13-8-7-12(17)16(19-13)21-2;1-7-4-2-3-5-8(7)9(11)6-10;1-13-7-4(8)2-3-5(10-7)6(9)11-12;;;/h3-8H,9H2,1-2H3,(H2,18,20);3-8,14H,9H2,1-2H3,(H,18,20);2-5H,6H2,1H3;2-3,12H,1H3,(H2,9,11);1H4;;/q;;;;;+1;-1. The van der Waals surface area contributed by atoms with Crippen LogP contribution in [0, 0.1) is 20.8 Å². The fourth-order valence-electron chi connectivity index (χ4n) is 5.94. The van der Waals surface area contributed by atoms with Gasteiger partial charge < -0.3 is 37.1 Å². The van der Waals surface area contributed by atoms with Crippen LogP contribution in [0.4, 0.5) is 0 Å². The third-order valence-electron chi connectivity index (χ3n) is 9.51. The van der Waals surface area contributed by atoms with E-state index in [0.717, 1.165) is 26.7 Å². The number of nitrogens with two attached hydrogens (primary N) is 2. The van der Waals surface area contributed by atoms with Crippen molar-refractivity contribution in [3.05, 3.63) is 173 Å². The van der Waals surface area contributed by atoms with Gasteiger partial charge in [0.1, 0.15) is 29.7 Å². The van der Waals surface area contributed by atoms with Crippen molar-refractivity contribution in [3.8, 4) is 17.6 Å². The monoisotopic (exact) mass is 1240 g/mol. The number of ether oxygens (including phenoxy) is 3. The summed E-state index contributed by atoms with van der Waals surface area (Å²) in [5, 5.41) is 15.4. The Bertz CT molecular complexity index is 2810. The van der Waals surface area contributed by atoms with Crippen molar-refractivity contribution in [2.75, 3.05) is 39.9 Å². The first-order valence-corrected chi connectivity index (χ1v) is 24.0. The van der Waals surface area contributed by atoms with E-state index in [1.807, 2.05) is 74.5 Å². The van der Waals surface area contributed by atoms with Crippen molar-refractivity contribution >= 4 is 92.8 Å². The van der Waals surface area contributed by atoms with Crippen molar-refractivity contribution in [1.29, 1.82) is 0 Å². The SMILES string of the molecule is C.COc1nc(/C(N)=N/O)ccc1Br.COc1nc(/C(N)=N/OCC(=O)c2ccccc2C)ccc1Br.COc1nc(C2=NC(c3ccccc3C)CON2)ccc1Br.Cc1ccccc1C(=O)CBr.[H-].[Na+]. The number of aromatic nitrogens is 3. The Hall–Kier alpha value is -5.26. The Kier molecular flexibility index (Phi) is 27.8. The average molecular weight is 1240 g/mol. The number of pyridine rings is 3. The molecule has 3 aromatic carbocycles. The second-order valence-corrected chi connectivity index (χ2v) is 17.3. The summed E-state index contributed by atoms with van der Waals surface area (Å²) in [6.07, 6.45) is 0. The molecule has 22 heteroatoms. The van der Waals surface area contributed by atoms with E-state index in [4.69, 9.17) is 45.6 Å². The quantitative estimate of drug-likeness (QED) is 0.0171. The number of Topliss-reactive ketones (excluding diaryl/α,β-unsaturated/α-hetero) is 2. The fourth-order valence-corrected chi connectivity index (χ4v) is 7.39. The molecule has 1 atom stereocenters. The Morgan fingerprint density at radius 3 is 1.66 bits per heavy atom. The van der Waals surface area contributed by atoms with Gasteiger partial charge in [0.15, 0.2) is 29.9 Å². The molecule has 0 spiro atoms. The van der Waals surface area contributed by atoms with Crippen LogP contribution in [0.5, 0.6) is 17.6 Å². The summed E-state index contributed by atoms with van der Waals surface area (Å²) in [6, 6.07) is 33.5. The molecule has 0 saturated heterocycles. The van der Waals surface area contributed by atoms with Crippen LogP contribution >= 0.6 is 63.7 Å². The zero-order valence-electron chi connectivity index (χ0n) is 40.2. The van der Waals surface area contributed by atoms with Crippen LogP contribution in [0.1, 0.15) is 74.9 Å². The topological polar surface area (TPSA) is 240 Å². The molecule has 17 nitrogen and oxygen atoms in total. The molecule has 372 valence electrons. The minimum absolute atomic E-state index is 0. The summed E-state index contributed by atoms with van der Waals surface area (Å²) in [5.74, 6) is 1.88. The largest absolute Gasteiger partial charge is 1.00 e. The summed E-state index contributed by atoms with van der Waals surface area (Å²) in [7, 11) is 4.57. The second-order valence-electron chi connectivity index (χ2n) is 14.2. The molecule has 7 rings (SSSR count). The first-order valence-electron chi connectivity index (χ1n) is 20.5. The number of methoxy groups -OCH3 is 3. The predicted molar refractivity (Wildman–Crippen MR) is 287 cm³/mol. The number of hydrogen-bond donors (Lipinski definition) is 4. The molecule has 0 aliphatic carbocycles. The van der Waals surface area contributed by atoms with Crippen LogP contribution < -0.4 is 60.7 Å². The van der Waals surface area contributed by atoms with Gasteiger partial charge >= 0.3 is 29.6 Å². The van der Waals surface area contributed by atoms with Crippen molar-refractivity contribution in [1.82, 2.24) is 20.4 Å². The van der Waals surface area contributed by atoms with Gasteiger partial charge in [-0.15, -0.1) is 0 Å². The molecule has 3 aromatic heterocycles. The summed E-state index contributed by atoms with van der Waals surface area (Å²) < 4.78 is 17.5. The Labute approximate surface area is 470 Å². The number of rotatable bonds is 13. The van der Waals surface area contributed by atoms with E-state index in [2.05, 4.69) is 114 Å². The second kappa shape index (κ2) is 31.9. The summed E-state index contributed by atoms with van der Waals surface area (Å²) in [5.41, 5.74) is 21.1. The average Bonchev–Trinajstić information content (AvgIpc) is 3.37. The van der Waals surface area contributed by atoms with Crippen LogP contribution in [0.3, 0.4) is 0 Å². The molecule has 1 aliphatic heterocycles. The van der Waals surface area contributed by atoms with Crippen molar-refractivity contribution in [2.45, 2.75) is 34.2 Å². The van der Waals surface area contributed by atoms with Crippen LogP contribution in [-0.2, 0) is 9.68 Å². The molecule has 4 heterocycles. The molecule has 0 amide bonds. The zero-order valence-corrected chi connectivity index (χ0v) is 47.6. The number of aryl methyl sites for hydroxylation is 3. The van der Waals surface area contributed by atoms with Crippen LogP contribution in [0.15, 0.2) is 138 Å². The van der Waals surface area contributed by atoms with Gasteiger partial charge in [-0.2, -0.15) is 0 Å². The van der Waals surface area contributed by atoms with E-state index in [-0.39, 0.29) is 74.3 Å². The smallest absolute Gasteiger partial charge is 1.00 e. The maximum atomic E-state index is 12.1. The van der Waals surface area contributed by atoms with E-state index in [1.165, 1.54) is 19.8 Å². The fraction of sp³-hybridized carbons (Fsp3) is 0.224. The number of nitrogens with zero attached hydrogens (tertiary/aromatic N) is 6. The maximum Gasteiger partial charge on any atom is 1.00 e. The first-order chi connectivity index (χ1) is 33.1. The molecule has 71 heavy (non-hydrogen) atoms. The van der Waals surface area contributed by atoms with Crippen molar-refractivity contribution in [2.24, 2.45) is 26.8 Å². The van der Waals surface area contributed by atoms with Gasteiger partial charge in [0.2, 0.25) is 23.4 Å². The zero-order chi connectivity index (χ0) is 50.5. The van der Waals surface area contributed by atoms with Crippen LogP contribution in [0.2, 0.25) is 0 Å². The normalized spacial score (nSPS) is 12.6. The molecule has 0 fully saturated rings. The minimum atomic E-state index is -0.195. The van der Waals surface area contributed by atoms with Gasteiger partial charge in [-0.25, -0.2) is 20.4 Å². The minimum Gasteiger partial charge on any atom is -1.00 e. The molecule has 0 radical (unpaired) electrons. The number of carbonyl (C=O) groups is 2.